The van der Waals surface area contributed by atoms with Gasteiger partial charge >= 0.3 is 0 Å². The van der Waals surface area contributed by atoms with Crippen LogP contribution >= 0.6 is 0 Å². The Balaban J connectivity index is 2.28. The standard InChI is InChI=1S/C14H25N3/c1-5-17-10-12(14(2,3)4)16-13(17)11-6-8-15-9-7-11/h10-11,15H,5-9H2,1-4H3. The number of rotatable bonds is 2. The van der Waals surface area contributed by atoms with E-state index in [9.17, 15) is 0 Å². The van der Waals surface area contributed by atoms with Gasteiger partial charge in [-0.15, -0.1) is 0 Å². The summed E-state index contributed by atoms with van der Waals surface area (Å²) in [5.74, 6) is 1.95. The van der Waals surface area contributed by atoms with Gasteiger partial charge in [0.05, 0.1) is 5.69 Å². The van der Waals surface area contributed by atoms with Gasteiger partial charge in [-0.25, -0.2) is 4.98 Å². The van der Waals surface area contributed by atoms with Crippen LogP contribution in [0, 0.1) is 0 Å². The highest BCUT2D eigenvalue weighted by Gasteiger charge is 2.24. The van der Waals surface area contributed by atoms with Crippen molar-refractivity contribution in [2.24, 2.45) is 0 Å². The summed E-state index contributed by atoms with van der Waals surface area (Å²) in [6.45, 7) is 12.2. The molecule has 0 bridgehead atoms. The molecule has 2 heterocycles. The van der Waals surface area contributed by atoms with E-state index in [-0.39, 0.29) is 5.41 Å². The number of imidazole rings is 1. The first kappa shape index (κ1) is 12.6. The second-order valence-electron chi connectivity index (χ2n) is 6.04. The van der Waals surface area contributed by atoms with Crippen LogP contribution in [-0.2, 0) is 12.0 Å². The molecule has 1 fully saturated rings. The quantitative estimate of drug-likeness (QED) is 0.854. The summed E-state index contributed by atoms with van der Waals surface area (Å²) in [6, 6.07) is 0. The van der Waals surface area contributed by atoms with Crippen molar-refractivity contribution in [2.75, 3.05) is 13.1 Å². The van der Waals surface area contributed by atoms with Crippen molar-refractivity contribution in [3.63, 3.8) is 0 Å². The fourth-order valence-corrected chi connectivity index (χ4v) is 2.45. The van der Waals surface area contributed by atoms with Crippen LogP contribution in [0.2, 0.25) is 0 Å². The second-order valence-corrected chi connectivity index (χ2v) is 6.04. The van der Waals surface area contributed by atoms with Crippen LogP contribution in [0.1, 0.15) is 58.0 Å². The number of aryl methyl sites for hydroxylation is 1. The van der Waals surface area contributed by atoms with Crippen molar-refractivity contribution >= 4 is 0 Å². The van der Waals surface area contributed by atoms with Crippen LogP contribution in [0.15, 0.2) is 6.20 Å². The largest absolute Gasteiger partial charge is 0.335 e. The lowest BCUT2D eigenvalue weighted by Crippen LogP contribution is -2.28. The highest BCUT2D eigenvalue weighted by Crippen LogP contribution is 2.28. The Kier molecular flexibility index (Phi) is 3.57. The molecule has 1 aliphatic rings. The maximum Gasteiger partial charge on any atom is 0.112 e. The maximum atomic E-state index is 4.91. The van der Waals surface area contributed by atoms with E-state index in [4.69, 9.17) is 4.98 Å². The first-order valence-electron chi connectivity index (χ1n) is 6.80. The van der Waals surface area contributed by atoms with E-state index in [0.29, 0.717) is 5.92 Å². The van der Waals surface area contributed by atoms with Crippen LogP contribution in [-0.4, -0.2) is 22.6 Å². The van der Waals surface area contributed by atoms with Crippen molar-refractivity contribution < 1.29 is 0 Å². The maximum absolute atomic E-state index is 4.91. The minimum absolute atomic E-state index is 0.155. The van der Waals surface area contributed by atoms with E-state index in [1.807, 2.05) is 0 Å². The smallest absolute Gasteiger partial charge is 0.112 e. The molecular formula is C14H25N3. The molecule has 0 unspecified atom stereocenters. The molecule has 17 heavy (non-hydrogen) atoms. The highest BCUT2D eigenvalue weighted by atomic mass is 15.1. The predicted molar refractivity (Wildman–Crippen MR) is 71.4 cm³/mol. The summed E-state index contributed by atoms with van der Waals surface area (Å²) in [5, 5.41) is 3.42. The molecule has 96 valence electrons. The Morgan fingerprint density at radius 3 is 2.53 bits per heavy atom. The SMILES string of the molecule is CCn1cc(C(C)(C)C)nc1C1CCNCC1. The van der Waals surface area contributed by atoms with Crippen molar-refractivity contribution in [2.45, 2.75) is 58.4 Å². The number of aromatic nitrogens is 2. The molecule has 0 saturated carbocycles. The molecule has 3 heteroatoms. The average Bonchev–Trinajstić information content (AvgIpc) is 2.73. The van der Waals surface area contributed by atoms with Gasteiger partial charge in [-0.2, -0.15) is 0 Å². The van der Waals surface area contributed by atoms with Gasteiger partial charge in [0.2, 0.25) is 0 Å². The van der Waals surface area contributed by atoms with E-state index < -0.39 is 0 Å². The third-order valence-corrected chi connectivity index (χ3v) is 3.62. The monoisotopic (exact) mass is 235 g/mol. The van der Waals surface area contributed by atoms with E-state index in [0.717, 1.165) is 19.6 Å². The van der Waals surface area contributed by atoms with Crippen LogP contribution < -0.4 is 5.32 Å². The molecule has 1 N–H and O–H groups in total. The van der Waals surface area contributed by atoms with E-state index in [2.05, 4.69) is 43.8 Å². The number of nitrogens with zero attached hydrogens (tertiary/aromatic N) is 2. The zero-order valence-corrected chi connectivity index (χ0v) is 11.6. The van der Waals surface area contributed by atoms with Crippen molar-refractivity contribution in [3.05, 3.63) is 17.7 Å². The van der Waals surface area contributed by atoms with Gasteiger partial charge in [0.1, 0.15) is 5.82 Å². The minimum atomic E-state index is 0.155. The summed E-state index contributed by atoms with van der Waals surface area (Å²) in [4.78, 5) is 4.91. The lowest BCUT2D eigenvalue weighted by Gasteiger charge is -2.22. The molecular weight excluding hydrogens is 210 g/mol. The molecule has 0 aromatic carbocycles. The normalized spacial score (nSPS) is 18.6. The van der Waals surface area contributed by atoms with Crippen LogP contribution in [0.25, 0.3) is 0 Å². The molecule has 2 rings (SSSR count). The summed E-state index contributed by atoms with van der Waals surface area (Å²) in [6.07, 6.45) is 4.69. The Bertz CT molecular complexity index is 367. The first-order valence-corrected chi connectivity index (χ1v) is 6.80. The van der Waals surface area contributed by atoms with Gasteiger partial charge in [-0.05, 0) is 32.9 Å². The number of hydrogen-bond acceptors (Lipinski definition) is 2. The molecule has 0 atom stereocenters. The van der Waals surface area contributed by atoms with Crippen molar-refractivity contribution in [1.82, 2.24) is 14.9 Å². The van der Waals surface area contributed by atoms with Crippen LogP contribution in [0.4, 0.5) is 0 Å². The molecule has 3 nitrogen and oxygen atoms in total. The van der Waals surface area contributed by atoms with Gasteiger partial charge in [0, 0.05) is 24.1 Å². The van der Waals surface area contributed by atoms with Crippen LogP contribution in [0.3, 0.4) is 0 Å². The minimum Gasteiger partial charge on any atom is -0.335 e. The lowest BCUT2D eigenvalue weighted by atomic mass is 9.93. The number of hydrogen-bond donors (Lipinski definition) is 1. The molecule has 1 saturated heterocycles. The first-order chi connectivity index (χ1) is 8.02. The van der Waals surface area contributed by atoms with Crippen molar-refractivity contribution in [3.8, 4) is 0 Å². The Hall–Kier alpha value is -0.830. The summed E-state index contributed by atoms with van der Waals surface area (Å²) >= 11 is 0. The lowest BCUT2D eigenvalue weighted by molar-refractivity contribution is 0.431. The summed E-state index contributed by atoms with van der Waals surface area (Å²) in [5.41, 5.74) is 1.38. The number of nitrogens with one attached hydrogen (secondary N) is 1. The fraction of sp³-hybridized carbons (Fsp3) is 0.786. The topological polar surface area (TPSA) is 29.9 Å². The van der Waals surface area contributed by atoms with Gasteiger partial charge in [0.25, 0.3) is 0 Å². The third-order valence-electron chi connectivity index (χ3n) is 3.62. The van der Waals surface area contributed by atoms with Crippen LogP contribution in [0.5, 0.6) is 0 Å². The molecule has 1 aromatic heterocycles. The Morgan fingerprint density at radius 1 is 1.35 bits per heavy atom. The fourth-order valence-electron chi connectivity index (χ4n) is 2.45. The second kappa shape index (κ2) is 4.81. The van der Waals surface area contributed by atoms with Gasteiger partial charge in [0.15, 0.2) is 0 Å². The van der Waals surface area contributed by atoms with Gasteiger partial charge < -0.3 is 9.88 Å². The number of piperidine rings is 1. The summed E-state index contributed by atoms with van der Waals surface area (Å²) < 4.78 is 2.34. The van der Waals surface area contributed by atoms with Crippen molar-refractivity contribution in [1.29, 1.82) is 0 Å². The Morgan fingerprint density at radius 2 is 2.00 bits per heavy atom. The molecule has 0 radical (unpaired) electrons. The zero-order chi connectivity index (χ0) is 12.5. The third kappa shape index (κ3) is 2.71. The predicted octanol–water partition coefficient (Wildman–Crippen LogP) is 2.67. The van der Waals surface area contributed by atoms with E-state index >= 15 is 0 Å². The Labute approximate surface area is 105 Å². The molecule has 0 amide bonds. The van der Waals surface area contributed by atoms with Gasteiger partial charge in [-0.3, -0.25) is 0 Å². The molecule has 1 aromatic rings. The van der Waals surface area contributed by atoms with E-state index in [1.54, 1.807) is 0 Å². The summed E-state index contributed by atoms with van der Waals surface area (Å²) in [7, 11) is 0. The molecule has 0 spiro atoms. The van der Waals surface area contributed by atoms with E-state index in [1.165, 1.54) is 24.4 Å². The molecule has 1 aliphatic heterocycles. The average molecular weight is 235 g/mol. The molecule has 0 aliphatic carbocycles. The zero-order valence-electron chi connectivity index (χ0n) is 11.6. The highest BCUT2D eigenvalue weighted by molar-refractivity contribution is 5.16. The van der Waals surface area contributed by atoms with Gasteiger partial charge in [-0.1, -0.05) is 20.8 Å².